The average Bonchev–Trinajstić information content (AvgIpc) is 2.21. The van der Waals surface area contributed by atoms with Crippen LogP contribution in [0.2, 0.25) is 0 Å². The van der Waals surface area contributed by atoms with Gasteiger partial charge in [0.15, 0.2) is 0 Å². The van der Waals surface area contributed by atoms with Gasteiger partial charge in [-0.15, -0.1) is 0 Å². The van der Waals surface area contributed by atoms with Gasteiger partial charge < -0.3 is 11.1 Å². The van der Waals surface area contributed by atoms with E-state index in [1.807, 2.05) is 32.9 Å². The first-order valence-corrected chi connectivity index (χ1v) is 5.47. The van der Waals surface area contributed by atoms with Crippen molar-refractivity contribution in [2.75, 3.05) is 5.32 Å². The number of nitrogens with one attached hydrogen (secondary N) is 1. The van der Waals surface area contributed by atoms with Gasteiger partial charge in [-0.1, -0.05) is 13.8 Å². The highest BCUT2D eigenvalue weighted by Crippen LogP contribution is 2.08. The van der Waals surface area contributed by atoms with E-state index in [0.717, 1.165) is 5.69 Å². The Morgan fingerprint density at radius 1 is 1.50 bits per heavy atom. The number of hydrogen-bond donors (Lipinski definition) is 2. The molecule has 0 aliphatic rings. The van der Waals surface area contributed by atoms with Crippen molar-refractivity contribution in [1.82, 2.24) is 4.98 Å². The fraction of sp³-hybridized carbons (Fsp3) is 0.500. The van der Waals surface area contributed by atoms with Crippen LogP contribution < -0.4 is 11.1 Å². The molecule has 16 heavy (non-hydrogen) atoms. The van der Waals surface area contributed by atoms with Crippen LogP contribution in [0.1, 0.15) is 26.0 Å². The van der Waals surface area contributed by atoms with Crippen molar-refractivity contribution in [1.29, 1.82) is 0 Å². The molecule has 1 aromatic heterocycles. The molecule has 4 nitrogen and oxygen atoms in total. The summed E-state index contributed by atoms with van der Waals surface area (Å²) in [5.74, 6) is 0.244. The highest BCUT2D eigenvalue weighted by Gasteiger charge is 2.12. The lowest BCUT2D eigenvalue weighted by molar-refractivity contribution is -0.116. The molecule has 88 valence electrons. The van der Waals surface area contributed by atoms with Crippen LogP contribution in [0.3, 0.4) is 0 Å². The van der Waals surface area contributed by atoms with Crippen molar-refractivity contribution in [3.63, 3.8) is 0 Å². The standard InChI is InChI=1S/C12H19N3O/c1-8(2)11(13)6-12(16)15-10-5-4-9(3)14-7-10/h4-5,7-8,11H,6,13H2,1-3H3,(H,15,16). The molecule has 1 unspecified atom stereocenters. The number of carbonyl (C=O) groups excluding carboxylic acids is 1. The number of amides is 1. The summed E-state index contributed by atoms with van der Waals surface area (Å²) in [6.07, 6.45) is 1.99. The normalized spacial score (nSPS) is 12.6. The molecule has 0 saturated heterocycles. The minimum atomic E-state index is -0.0987. The first-order chi connectivity index (χ1) is 7.49. The third-order valence-electron chi connectivity index (χ3n) is 2.47. The molecular formula is C12H19N3O. The SMILES string of the molecule is Cc1ccc(NC(=O)CC(N)C(C)C)cn1. The van der Waals surface area contributed by atoms with Gasteiger partial charge in [0.2, 0.25) is 5.91 Å². The van der Waals surface area contributed by atoms with Crippen molar-refractivity contribution in [3.05, 3.63) is 24.0 Å². The van der Waals surface area contributed by atoms with Gasteiger partial charge in [0.25, 0.3) is 0 Å². The number of nitrogens with two attached hydrogens (primary N) is 1. The van der Waals surface area contributed by atoms with Crippen LogP contribution >= 0.6 is 0 Å². The van der Waals surface area contributed by atoms with E-state index in [0.29, 0.717) is 18.0 Å². The maximum atomic E-state index is 11.6. The molecule has 0 fully saturated rings. The summed E-state index contributed by atoms with van der Waals surface area (Å²) in [7, 11) is 0. The Balaban J connectivity index is 2.48. The van der Waals surface area contributed by atoms with E-state index >= 15 is 0 Å². The fourth-order valence-electron chi connectivity index (χ4n) is 1.20. The van der Waals surface area contributed by atoms with E-state index in [9.17, 15) is 4.79 Å². The van der Waals surface area contributed by atoms with Crippen LogP contribution in [0.5, 0.6) is 0 Å². The van der Waals surface area contributed by atoms with Crippen molar-refractivity contribution in [2.24, 2.45) is 11.7 Å². The van der Waals surface area contributed by atoms with E-state index < -0.39 is 0 Å². The summed E-state index contributed by atoms with van der Waals surface area (Å²) < 4.78 is 0. The molecule has 0 aliphatic carbocycles. The van der Waals surface area contributed by atoms with E-state index in [1.54, 1.807) is 6.20 Å². The van der Waals surface area contributed by atoms with E-state index in [2.05, 4.69) is 10.3 Å². The average molecular weight is 221 g/mol. The van der Waals surface area contributed by atoms with Crippen LogP contribution in [-0.4, -0.2) is 16.9 Å². The predicted octanol–water partition coefficient (Wildman–Crippen LogP) is 1.70. The Kier molecular flexibility index (Phi) is 4.43. The van der Waals surface area contributed by atoms with E-state index in [4.69, 9.17) is 5.73 Å². The van der Waals surface area contributed by atoms with Crippen LogP contribution in [0.4, 0.5) is 5.69 Å². The lowest BCUT2D eigenvalue weighted by Gasteiger charge is -2.14. The zero-order valence-corrected chi connectivity index (χ0v) is 10.0. The predicted molar refractivity (Wildman–Crippen MR) is 65.0 cm³/mol. The van der Waals surface area contributed by atoms with Gasteiger partial charge in [-0.3, -0.25) is 9.78 Å². The fourth-order valence-corrected chi connectivity index (χ4v) is 1.20. The van der Waals surface area contributed by atoms with Gasteiger partial charge in [-0.2, -0.15) is 0 Å². The summed E-state index contributed by atoms with van der Waals surface area (Å²) in [6, 6.07) is 3.59. The second-order valence-electron chi connectivity index (χ2n) is 4.35. The summed E-state index contributed by atoms with van der Waals surface area (Å²) in [5.41, 5.74) is 7.46. The molecule has 0 saturated carbocycles. The third kappa shape index (κ3) is 3.98. The molecule has 1 amide bonds. The van der Waals surface area contributed by atoms with Crippen molar-refractivity contribution < 1.29 is 4.79 Å². The second kappa shape index (κ2) is 5.61. The lowest BCUT2D eigenvalue weighted by atomic mass is 10.0. The van der Waals surface area contributed by atoms with Gasteiger partial charge in [0, 0.05) is 18.2 Å². The maximum absolute atomic E-state index is 11.6. The molecule has 1 rings (SSSR count). The first-order valence-electron chi connectivity index (χ1n) is 5.47. The number of anilines is 1. The number of carbonyl (C=O) groups is 1. The minimum Gasteiger partial charge on any atom is -0.327 e. The smallest absolute Gasteiger partial charge is 0.225 e. The van der Waals surface area contributed by atoms with Gasteiger partial charge >= 0.3 is 0 Å². The topological polar surface area (TPSA) is 68.0 Å². The minimum absolute atomic E-state index is 0.0631. The number of aryl methyl sites for hydroxylation is 1. The summed E-state index contributed by atoms with van der Waals surface area (Å²) in [6.45, 7) is 5.91. The Hall–Kier alpha value is -1.42. The van der Waals surface area contributed by atoms with Crippen LogP contribution in [-0.2, 0) is 4.79 Å². The molecular weight excluding hydrogens is 202 g/mol. The number of aromatic nitrogens is 1. The molecule has 1 atom stereocenters. The maximum Gasteiger partial charge on any atom is 0.225 e. The van der Waals surface area contributed by atoms with Crippen molar-refractivity contribution >= 4 is 11.6 Å². The first kappa shape index (κ1) is 12.6. The van der Waals surface area contributed by atoms with Gasteiger partial charge in [-0.25, -0.2) is 0 Å². The highest BCUT2D eigenvalue weighted by atomic mass is 16.1. The van der Waals surface area contributed by atoms with E-state index in [1.165, 1.54) is 0 Å². The van der Waals surface area contributed by atoms with Crippen LogP contribution in [0, 0.1) is 12.8 Å². The molecule has 4 heteroatoms. The van der Waals surface area contributed by atoms with Crippen LogP contribution in [0.25, 0.3) is 0 Å². The molecule has 0 spiro atoms. The number of nitrogens with zero attached hydrogens (tertiary/aromatic N) is 1. The summed E-state index contributed by atoms with van der Waals surface area (Å²) >= 11 is 0. The van der Waals surface area contributed by atoms with E-state index in [-0.39, 0.29) is 11.9 Å². The number of rotatable bonds is 4. The molecule has 0 aromatic carbocycles. The monoisotopic (exact) mass is 221 g/mol. The largest absolute Gasteiger partial charge is 0.327 e. The Morgan fingerprint density at radius 3 is 2.69 bits per heavy atom. The zero-order chi connectivity index (χ0) is 12.1. The summed E-state index contributed by atoms with van der Waals surface area (Å²) in [5, 5.41) is 2.77. The van der Waals surface area contributed by atoms with Crippen LogP contribution in [0.15, 0.2) is 18.3 Å². The Bertz CT molecular complexity index is 346. The summed E-state index contributed by atoms with van der Waals surface area (Å²) in [4.78, 5) is 15.7. The lowest BCUT2D eigenvalue weighted by Crippen LogP contribution is -2.31. The third-order valence-corrected chi connectivity index (χ3v) is 2.47. The van der Waals surface area contributed by atoms with Crippen molar-refractivity contribution in [3.8, 4) is 0 Å². The quantitative estimate of drug-likeness (QED) is 0.813. The number of hydrogen-bond acceptors (Lipinski definition) is 3. The van der Waals surface area contributed by atoms with Gasteiger partial charge in [0.1, 0.15) is 0 Å². The molecule has 3 N–H and O–H groups in total. The number of pyridine rings is 1. The molecule has 1 aromatic rings. The van der Waals surface area contributed by atoms with Gasteiger partial charge in [0.05, 0.1) is 11.9 Å². The zero-order valence-electron chi connectivity index (χ0n) is 10.0. The molecule has 0 radical (unpaired) electrons. The Labute approximate surface area is 96.3 Å². The van der Waals surface area contributed by atoms with Gasteiger partial charge in [-0.05, 0) is 25.0 Å². The van der Waals surface area contributed by atoms with Crippen molar-refractivity contribution in [2.45, 2.75) is 33.2 Å². The molecule has 0 bridgehead atoms. The second-order valence-corrected chi connectivity index (χ2v) is 4.35. The molecule has 0 aliphatic heterocycles. The Morgan fingerprint density at radius 2 is 2.19 bits per heavy atom. The molecule has 1 heterocycles. The highest BCUT2D eigenvalue weighted by molar-refractivity contribution is 5.90.